The summed E-state index contributed by atoms with van der Waals surface area (Å²) >= 11 is 0. The molecule has 2 atom stereocenters. The van der Waals surface area contributed by atoms with E-state index < -0.39 is 6.10 Å². The van der Waals surface area contributed by atoms with Crippen molar-refractivity contribution >= 4 is 0 Å². The van der Waals surface area contributed by atoms with Gasteiger partial charge < -0.3 is 22.3 Å². The van der Waals surface area contributed by atoms with E-state index in [1.807, 2.05) is 0 Å². The van der Waals surface area contributed by atoms with E-state index in [0.717, 1.165) is 0 Å². The standard InChI is InChI=1S/C4H13N3O/c5-1-3(7)4(8)2-6/h3-4,8H,1-2,5-7H2. The Morgan fingerprint density at radius 1 is 1.25 bits per heavy atom. The van der Waals surface area contributed by atoms with Crippen LogP contribution in [-0.2, 0) is 0 Å². The molecule has 0 saturated heterocycles. The summed E-state index contributed by atoms with van der Waals surface area (Å²) in [5.74, 6) is 0. The maximum absolute atomic E-state index is 8.80. The smallest absolute Gasteiger partial charge is 0.0825 e. The first kappa shape index (κ1) is 7.84. The number of aliphatic hydroxyl groups is 1. The SMILES string of the molecule is NCC(N)C(O)CN. The first-order valence-electron chi connectivity index (χ1n) is 2.56. The van der Waals surface area contributed by atoms with Gasteiger partial charge in [0.1, 0.15) is 0 Å². The van der Waals surface area contributed by atoms with Crippen molar-refractivity contribution in [3.63, 3.8) is 0 Å². The average Bonchev–Trinajstić information content (AvgIpc) is 1.84. The lowest BCUT2D eigenvalue weighted by Gasteiger charge is -2.13. The molecule has 0 bridgehead atoms. The van der Waals surface area contributed by atoms with Crippen molar-refractivity contribution < 1.29 is 5.11 Å². The number of aliphatic hydroxyl groups excluding tert-OH is 1. The van der Waals surface area contributed by atoms with Crippen molar-refractivity contribution in [3.8, 4) is 0 Å². The minimum absolute atomic E-state index is 0.179. The van der Waals surface area contributed by atoms with E-state index in [4.69, 9.17) is 22.3 Å². The van der Waals surface area contributed by atoms with E-state index in [0.29, 0.717) is 0 Å². The zero-order valence-corrected chi connectivity index (χ0v) is 4.75. The fourth-order valence-electron chi connectivity index (χ4n) is 0.332. The highest BCUT2D eigenvalue weighted by Crippen LogP contribution is 1.82. The van der Waals surface area contributed by atoms with Gasteiger partial charge in [-0.2, -0.15) is 0 Å². The molecule has 4 heteroatoms. The summed E-state index contributed by atoms with van der Waals surface area (Å²) < 4.78 is 0. The van der Waals surface area contributed by atoms with Crippen molar-refractivity contribution in [2.75, 3.05) is 13.1 Å². The topological polar surface area (TPSA) is 98.3 Å². The van der Waals surface area contributed by atoms with Crippen LogP contribution in [0.3, 0.4) is 0 Å². The zero-order chi connectivity index (χ0) is 6.57. The molecule has 0 amide bonds. The maximum Gasteiger partial charge on any atom is 0.0825 e. The Balaban J connectivity index is 3.29. The largest absolute Gasteiger partial charge is 0.390 e. The molecule has 8 heavy (non-hydrogen) atoms. The molecule has 0 heterocycles. The van der Waals surface area contributed by atoms with Gasteiger partial charge in [-0.3, -0.25) is 0 Å². The van der Waals surface area contributed by atoms with Crippen molar-refractivity contribution in [1.29, 1.82) is 0 Å². The van der Waals surface area contributed by atoms with Crippen LogP contribution >= 0.6 is 0 Å². The van der Waals surface area contributed by atoms with Crippen LogP contribution in [0.5, 0.6) is 0 Å². The lowest BCUT2D eigenvalue weighted by molar-refractivity contribution is 0.155. The van der Waals surface area contributed by atoms with Crippen molar-refractivity contribution in [2.45, 2.75) is 12.1 Å². The number of rotatable bonds is 3. The van der Waals surface area contributed by atoms with E-state index in [9.17, 15) is 0 Å². The molecule has 4 nitrogen and oxygen atoms in total. The lowest BCUT2D eigenvalue weighted by Crippen LogP contribution is -2.44. The minimum Gasteiger partial charge on any atom is -0.390 e. The Kier molecular flexibility index (Phi) is 3.72. The Hall–Kier alpha value is -0.160. The number of hydrogen-bond acceptors (Lipinski definition) is 4. The van der Waals surface area contributed by atoms with Crippen LogP contribution in [0.25, 0.3) is 0 Å². The van der Waals surface area contributed by atoms with Crippen molar-refractivity contribution in [1.82, 2.24) is 0 Å². The van der Waals surface area contributed by atoms with Gasteiger partial charge >= 0.3 is 0 Å². The monoisotopic (exact) mass is 119 g/mol. The fourth-order valence-corrected chi connectivity index (χ4v) is 0.332. The predicted octanol–water partition coefficient (Wildman–Crippen LogP) is -2.41. The number of hydrogen-bond donors (Lipinski definition) is 4. The Labute approximate surface area is 48.6 Å². The predicted molar refractivity (Wildman–Crippen MR) is 32.1 cm³/mol. The molecule has 0 rings (SSSR count). The molecule has 0 aromatic heterocycles. The summed E-state index contributed by atoms with van der Waals surface area (Å²) in [6.07, 6.45) is -0.653. The molecule has 0 saturated carbocycles. The van der Waals surface area contributed by atoms with E-state index >= 15 is 0 Å². The van der Waals surface area contributed by atoms with E-state index in [1.54, 1.807) is 0 Å². The van der Waals surface area contributed by atoms with Gasteiger partial charge in [-0.15, -0.1) is 0 Å². The molecular formula is C4H13N3O. The summed E-state index contributed by atoms with van der Waals surface area (Å²) in [5.41, 5.74) is 15.4. The summed E-state index contributed by atoms with van der Waals surface area (Å²) in [6, 6.07) is -0.375. The van der Waals surface area contributed by atoms with Crippen LogP contribution in [0, 0.1) is 0 Å². The molecule has 50 valence electrons. The quantitative estimate of drug-likeness (QED) is 0.332. The maximum atomic E-state index is 8.80. The fraction of sp³-hybridized carbons (Fsp3) is 1.00. The average molecular weight is 119 g/mol. The van der Waals surface area contributed by atoms with Crippen LogP contribution in [-0.4, -0.2) is 30.3 Å². The molecule has 7 N–H and O–H groups in total. The molecular weight excluding hydrogens is 106 g/mol. The second-order valence-corrected chi connectivity index (χ2v) is 1.70. The van der Waals surface area contributed by atoms with Crippen molar-refractivity contribution in [3.05, 3.63) is 0 Å². The number of nitrogens with two attached hydrogens (primary N) is 3. The van der Waals surface area contributed by atoms with Gasteiger partial charge in [0.2, 0.25) is 0 Å². The van der Waals surface area contributed by atoms with E-state index in [2.05, 4.69) is 0 Å². The third-order valence-electron chi connectivity index (χ3n) is 1.01. The Bertz CT molecular complexity index is 51.2. The van der Waals surface area contributed by atoms with Gasteiger partial charge in [-0.25, -0.2) is 0 Å². The molecule has 0 radical (unpaired) electrons. The summed E-state index contributed by atoms with van der Waals surface area (Å²) in [7, 11) is 0. The van der Waals surface area contributed by atoms with Gasteiger partial charge in [0.15, 0.2) is 0 Å². The zero-order valence-electron chi connectivity index (χ0n) is 4.75. The first-order chi connectivity index (χ1) is 3.72. The minimum atomic E-state index is -0.653. The highest BCUT2D eigenvalue weighted by Gasteiger charge is 2.08. The molecule has 2 unspecified atom stereocenters. The van der Waals surface area contributed by atoms with Crippen LogP contribution in [0.1, 0.15) is 0 Å². The van der Waals surface area contributed by atoms with Crippen LogP contribution in [0.15, 0.2) is 0 Å². The van der Waals surface area contributed by atoms with Crippen LogP contribution in [0.2, 0.25) is 0 Å². The summed E-state index contributed by atoms with van der Waals surface area (Å²) in [6.45, 7) is 0.455. The van der Waals surface area contributed by atoms with Crippen molar-refractivity contribution in [2.24, 2.45) is 17.2 Å². The molecule has 0 spiro atoms. The second kappa shape index (κ2) is 3.80. The molecule has 0 aliphatic rings. The summed E-state index contributed by atoms with van der Waals surface area (Å²) in [4.78, 5) is 0. The molecule has 0 aromatic rings. The normalized spacial score (nSPS) is 18.0. The summed E-state index contributed by atoms with van der Waals surface area (Å²) in [5, 5.41) is 8.80. The Morgan fingerprint density at radius 2 is 1.75 bits per heavy atom. The molecule has 0 fully saturated rings. The third kappa shape index (κ3) is 2.23. The highest BCUT2D eigenvalue weighted by atomic mass is 16.3. The molecule has 0 aliphatic heterocycles. The van der Waals surface area contributed by atoms with Gasteiger partial charge in [-0.1, -0.05) is 0 Å². The van der Waals surface area contributed by atoms with Crippen LogP contribution in [0.4, 0.5) is 0 Å². The first-order valence-corrected chi connectivity index (χ1v) is 2.56. The highest BCUT2D eigenvalue weighted by molar-refractivity contribution is 4.71. The van der Waals surface area contributed by atoms with Crippen LogP contribution < -0.4 is 17.2 Å². The molecule has 0 aromatic carbocycles. The van der Waals surface area contributed by atoms with Gasteiger partial charge in [0, 0.05) is 19.1 Å². The molecule has 0 aliphatic carbocycles. The van der Waals surface area contributed by atoms with Gasteiger partial charge in [0.05, 0.1) is 6.10 Å². The lowest BCUT2D eigenvalue weighted by atomic mass is 10.2. The second-order valence-electron chi connectivity index (χ2n) is 1.70. The third-order valence-corrected chi connectivity index (χ3v) is 1.01. The van der Waals surface area contributed by atoms with E-state index in [1.165, 1.54) is 0 Å². The van der Waals surface area contributed by atoms with E-state index in [-0.39, 0.29) is 19.1 Å². The van der Waals surface area contributed by atoms with Gasteiger partial charge in [-0.05, 0) is 0 Å². The Morgan fingerprint density at radius 3 is 1.88 bits per heavy atom. The van der Waals surface area contributed by atoms with Gasteiger partial charge in [0.25, 0.3) is 0 Å².